The summed E-state index contributed by atoms with van der Waals surface area (Å²) in [7, 11) is 0. The van der Waals surface area contributed by atoms with Crippen molar-refractivity contribution in [2.24, 2.45) is 5.73 Å². The van der Waals surface area contributed by atoms with Gasteiger partial charge in [-0.15, -0.1) is 0 Å². The molecule has 0 aliphatic rings. The Morgan fingerprint density at radius 1 is 1.56 bits per heavy atom. The first-order valence-corrected chi connectivity index (χ1v) is 6.47. The van der Waals surface area contributed by atoms with Crippen LogP contribution in [0.4, 0.5) is 0 Å². The SMILES string of the molecule is CCOC(=O)C(C)(N)CCCn1ccnc1CC. The molecule has 0 aromatic carbocycles. The largest absolute Gasteiger partial charge is 0.465 e. The van der Waals surface area contributed by atoms with Crippen LogP contribution in [-0.2, 0) is 22.5 Å². The lowest BCUT2D eigenvalue weighted by Gasteiger charge is -2.22. The molecule has 2 N–H and O–H groups in total. The predicted molar refractivity (Wildman–Crippen MR) is 70.1 cm³/mol. The highest BCUT2D eigenvalue weighted by molar-refractivity contribution is 5.79. The minimum absolute atomic E-state index is 0.327. The highest BCUT2D eigenvalue weighted by Gasteiger charge is 2.29. The monoisotopic (exact) mass is 253 g/mol. The lowest BCUT2D eigenvalue weighted by atomic mass is 9.97. The van der Waals surface area contributed by atoms with E-state index in [0.717, 1.165) is 25.2 Å². The Bertz CT molecular complexity index is 385. The Labute approximate surface area is 108 Å². The summed E-state index contributed by atoms with van der Waals surface area (Å²) in [5.74, 6) is 0.733. The molecule has 0 saturated carbocycles. The van der Waals surface area contributed by atoms with Crippen LogP contribution >= 0.6 is 0 Å². The van der Waals surface area contributed by atoms with E-state index >= 15 is 0 Å². The van der Waals surface area contributed by atoms with Crippen molar-refractivity contribution in [1.29, 1.82) is 0 Å². The van der Waals surface area contributed by atoms with Crippen LogP contribution in [0, 0.1) is 0 Å². The van der Waals surface area contributed by atoms with Crippen molar-refractivity contribution in [2.75, 3.05) is 6.61 Å². The molecular formula is C13H23N3O2. The van der Waals surface area contributed by atoms with Gasteiger partial charge in [-0.25, -0.2) is 4.98 Å². The summed E-state index contributed by atoms with van der Waals surface area (Å²) < 4.78 is 7.05. The molecule has 0 aliphatic heterocycles. The normalized spacial score (nSPS) is 14.2. The number of hydrogen-bond acceptors (Lipinski definition) is 4. The van der Waals surface area contributed by atoms with E-state index in [1.807, 2.05) is 6.20 Å². The maximum absolute atomic E-state index is 11.6. The number of esters is 1. The molecule has 1 rings (SSSR count). The van der Waals surface area contributed by atoms with Crippen molar-refractivity contribution in [1.82, 2.24) is 9.55 Å². The molecule has 1 atom stereocenters. The molecule has 0 spiro atoms. The molecular weight excluding hydrogens is 230 g/mol. The van der Waals surface area contributed by atoms with Gasteiger partial charge in [0.15, 0.2) is 0 Å². The zero-order chi connectivity index (χ0) is 13.6. The minimum atomic E-state index is -0.900. The fourth-order valence-corrected chi connectivity index (χ4v) is 1.87. The third-order valence-electron chi connectivity index (χ3n) is 2.95. The highest BCUT2D eigenvalue weighted by Crippen LogP contribution is 2.13. The van der Waals surface area contributed by atoms with Gasteiger partial charge in [-0.2, -0.15) is 0 Å². The van der Waals surface area contributed by atoms with Gasteiger partial charge in [-0.1, -0.05) is 6.92 Å². The van der Waals surface area contributed by atoms with Gasteiger partial charge in [0.25, 0.3) is 0 Å². The minimum Gasteiger partial charge on any atom is -0.465 e. The maximum Gasteiger partial charge on any atom is 0.325 e. The third-order valence-corrected chi connectivity index (χ3v) is 2.95. The zero-order valence-electron chi connectivity index (χ0n) is 11.5. The summed E-state index contributed by atoms with van der Waals surface area (Å²) in [4.78, 5) is 15.9. The summed E-state index contributed by atoms with van der Waals surface area (Å²) >= 11 is 0. The second-order valence-corrected chi connectivity index (χ2v) is 4.63. The summed E-state index contributed by atoms with van der Waals surface area (Å²) in [6, 6.07) is 0. The first-order valence-electron chi connectivity index (χ1n) is 6.47. The number of hydrogen-bond donors (Lipinski definition) is 1. The van der Waals surface area contributed by atoms with Crippen LogP contribution in [-0.4, -0.2) is 27.7 Å². The van der Waals surface area contributed by atoms with E-state index in [9.17, 15) is 4.79 Å². The fraction of sp³-hybridized carbons (Fsp3) is 0.692. The molecule has 5 nitrogen and oxygen atoms in total. The molecule has 0 aliphatic carbocycles. The third kappa shape index (κ3) is 3.84. The summed E-state index contributed by atoms with van der Waals surface area (Å²) in [5, 5.41) is 0. The topological polar surface area (TPSA) is 70.1 Å². The molecule has 0 fully saturated rings. The van der Waals surface area contributed by atoms with E-state index < -0.39 is 5.54 Å². The lowest BCUT2D eigenvalue weighted by molar-refractivity contribution is -0.149. The van der Waals surface area contributed by atoms with Gasteiger partial charge in [0, 0.05) is 25.4 Å². The fourth-order valence-electron chi connectivity index (χ4n) is 1.87. The number of nitrogens with two attached hydrogens (primary N) is 1. The van der Waals surface area contributed by atoms with Gasteiger partial charge in [0.2, 0.25) is 0 Å². The quantitative estimate of drug-likeness (QED) is 0.748. The van der Waals surface area contributed by atoms with Crippen molar-refractivity contribution >= 4 is 5.97 Å². The van der Waals surface area contributed by atoms with Crippen LogP contribution in [0.25, 0.3) is 0 Å². The van der Waals surface area contributed by atoms with Gasteiger partial charge in [0.05, 0.1) is 6.61 Å². The Morgan fingerprint density at radius 2 is 2.28 bits per heavy atom. The van der Waals surface area contributed by atoms with Crippen LogP contribution in [0.5, 0.6) is 0 Å². The molecule has 0 saturated heterocycles. The standard InChI is InChI=1S/C13H23N3O2/c1-4-11-15-8-10-16(11)9-6-7-13(3,14)12(17)18-5-2/h8,10H,4-7,9,14H2,1-3H3. The van der Waals surface area contributed by atoms with Gasteiger partial charge < -0.3 is 15.0 Å². The Kier molecular flexibility index (Phi) is 5.34. The van der Waals surface area contributed by atoms with Gasteiger partial charge in [0.1, 0.15) is 11.4 Å². The Hall–Kier alpha value is -1.36. The number of imidazole rings is 1. The van der Waals surface area contributed by atoms with E-state index in [2.05, 4.69) is 16.5 Å². The number of carbonyl (C=O) groups is 1. The Balaban J connectivity index is 2.43. The van der Waals surface area contributed by atoms with E-state index in [0.29, 0.717) is 13.0 Å². The molecule has 0 radical (unpaired) electrons. The van der Waals surface area contributed by atoms with Crippen LogP contribution in [0.3, 0.4) is 0 Å². The van der Waals surface area contributed by atoms with Crippen LogP contribution in [0.2, 0.25) is 0 Å². The van der Waals surface area contributed by atoms with Crippen molar-refractivity contribution in [3.05, 3.63) is 18.2 Å². The van der Waals surface area contributed by atoms with Crippen molar-refractivity contribution in [2.45, 2.75) is 52.1 Å². The van der Waals surface area contributed by atoms with E-state index in [1.54, 1.807) is 20.0 Å². The van der Waals surface area contributed by atoms with Crippen LogP contribution < -0.4 is 5.73 Å². The summed E-state index contributed by atoms with van der Waals surface area (Å²) in [6.07, 6.45) is 6.09. The number of ether oxygens (including phenoxy) is 1. The van der Waals surface area contributed by atoms with E-state index in [1.165, 1.54) is 0 Å². The van der Waals surface area contributed by atoms with Crippen LogP contribution in [0.1, 0.15) is 39.4 Å². The average Bonchev–Trinajstić information content (AvgIpc) is 2.76. The molecule has 102 valence electrons. The summed E-state index contributed by atoms with van der Waals surface area (Å²) in [6.45, 7) is 6.78. The van der Waals surface area contributed by atoms with Gasteiger partial charge in [-0.05, 0) is 26.7 Å². The number of nitrogens with zero attached hydrogens (tertiary/aromatic N) is 2. The number of carbonyl (C=O) groups excluding carboxylic acids is 1. The first kappa shape index (κ1) is 14.7. The van der Waals surface area contributed by atoms with Gasteiger partial charge >= 0.3 is 5.97 Å². The maximum atomic E-state index is 11.6. The number of aryl methyl sites for hydroxylation is 2. The highest BCUT2D eigenvalue weighted by atomic mass is 16.5. The number of rotatable bonds is 7. The van der Waals surface area contributed by atoms with Gasteiger partial charge in [-0.3, -0.25) is 4.79 Å². The first-order chi connectivity index (χ1) is 8.51. The zero-order valence-corrected chi connectivity index (χ0v) is 11.5. The molecule has 1 aromatic heterocycles. The molecule has 1 unspecified atom stereocenters. The second-order valence-electron chi connectivity index (χ2n) is 4.63. The van der Waals surface area contributed by atoms with Crippen molar-refractivity contribution < 1.29 is 9.53 Å². The molecule has 1 heterocycles. The van der Waals surface area contributed by atoms with Crippen molar-refractivity contribution in [3.63, 3.8) is 0 Å². The average molecular weight is 253 g/mol. The van der Waals surface area contributed by atoms with E-state index in [-0.39, 0.29) is 5.97 Å². The van der Waals surface area contributed by atoms with Crippen LogP contribution in [0.15, 0.2) is 12.4 Å². The molecule has 0 amide bonds. The summed E-state index contributed by atoms with van der Waals surface area (Å²) in [5.41, 5.74) is 5.06. The smallest absolute Gasteiger partial charge is 0.325 e. The molecule has 5 heteroatoms. The van der Waals surface area contributed by atoms with Crippen molar-refractivity contribution in [3.8, 4) is 0 Å². The molecule has 18 heavy (non-hydrogen) atoms. The predicted octanol–water partition coefficient (Wildman–Crippen LogP) is 1.51. The van der Waals surface area contributed by atoms with E-state index in [4.69, 9.17) is 10.5 Å². The lowest BCUT2D eigenvalue weighted by Crippen LogP contribution is -2.46. The molecule has 0 bridgehead atoms. The number of aromatic nitrogens is 2. The molecule has 1 aromatic rings. The second kappa shape index (κ2) is 6.54. The Morgan fingerprint density at radius 3 is 2.89 bits per heavy atom.